The highest BCUT2D eigenvalue weighted by Gasteiger charge is 2.20. The van der Waals surface area contributed by atoms with Gasteiger partial charge in [-0.3, -0.25) is 4.90 Å². The van der Waals surface area contributed by atoms with Gasteiger partial charge in [0, 0.05) is 43.1 Å². The fourth-order valence-electron chi connectivity index (χ4n) is 3.45. The molecule has 2 heterocycles. The molecule has 0 spiro atoms. The number of fused-ring (bicyclic) bond motifs is 1. The molecule has 0 aliphatic carbocycles. The number of benzene rings is 2. The molecule has 0 saturated carbocycles. The number of hydrogen-bond donors (Lipinski definition) is 0. The van der Waals surface area contributed by atoms with Crippen molar-refractivity contribution in [3.8, 4) is 0 Å². The normalized spacial score (nSPS) is 15.7. The Morgan fingerprint density at radius 2 is 1.84 bits per heavy atom. The van der Waals surface area contributed by atoms with E-state index in [-0.39, 0.29) is 0 Å². The van der Waals surface area contributed by atoms with Gasteiger partial charge in [-0.05, 0) is 30.7 Å². The number of aryl methyl sites for hydroxylation is 1. The molecule has 25 heavy (non-hydrogen) atoms. The minimum absolute atomic E-state index is 0.708. The molecule has 0 unspecified atom stereocenters. The molecule has 4 rings (SSSR count). The molecule has 4 nitrogen and oxygen atoms in total. The topological polar surface area (TPSA) is 32.3 Å². The zero-order valence-electron chi connectivity index (χ0n) is 14.3. The van der Waals surface area contributed by atoms with Crippen LogP contribution in [0.2, 0.25) is 5.02 Å². The third-order valence-corrected chi connectivity index (χ3v) is 4.97. The van der Waals surface area contributed by atoms with Crippen molar-refractivity contribution < 1.29 is 0 Å². The van der Waals surface area contributed by atoms with Crippen LogP contribution in [0.4, 0.5) is 5.82 Å². The lowest BCUT2D eigenvalue weighted by molar-refractivity contribution is 0.249. The highest BCUT2D eigenvalue weighted by molar-refractivity contribution is 6.31. The molecule has 0 atom stereocenters. The van der Waals surface area contributed by atoms with Gasteiger partial charge in [-0.15, -0.1) is 0 Å². The monoisotopic (exact) mass is 352 g/mol. The largest absolute Gasteiger partial charge is 0.353 e. The Labute approximate surface area is 153 Å². The maximum atomic E-state index is 6.08. The van der Waals surface area contributed by atoms with E-state index in [1.165, 1.54) is 11.1 Å². The second kappa shape index (κ2) is 6.98. The molecular weight excluding hydrogens is 332 g/mol. The van der Waals surface area contributed by atoms with Gasteiger partial charge < -0.3 is 4.90 Å². The van der Waals surface area contributed by atoms with Gasteiger partial charge in [0.05, 0.1) is 5.52 Å². The van der Waals surface area contributed by atoms with Crippen LogP contribution in [0.1, 0.15) is 11.1 Å². The van der Waals surface area contributed by atoms with Gasteiger partial charge in [0.1, 0.15) is 12.1 Å². The minimum Gasteiger partial charge on any atom is -0.353 e. The third-order valence-electron chi connectivity index (χ3n) is 4.74. The van der Waals surface area contributed by atoms with Crippen molar-refractivity contribution in [2.45, 2.75) is 13.5 Å². The molecule has 1 aromatic heterocycles. The lowest BCUT2D eigenvalue weighted by Crippen LogP contribution is -2.46. The van der Waals surface area contributed by atoms with E-state index < -0.39 is 0 Å². The first-order valence-corrected chi connectivity index (χ1v) is 9.00. The van der Waals surface area contributed by atoms with E-state index in [9.17, 15) is 0 Å². The van der Waals surface area contributed by atoms with Crippen molar-refractivity contribution in [3.63, 3.8) is 0 Å². The molecule has 0 bridgehead atoms. The Kier molecular flexibility index (Phi) is 4.55. The summed E-state index contributed by atoms with van der Waals surface area (Å²) in [4.78, 5) is 13.7. The van der Waals surface area contributed by atoms with Gasteiger partial charge in [-0.1, -0.05) is 41.4 Å². The molecule has 128 valence electrons. The summed E-state index contributed by atoms with van der Waals surface area (Å²) in [5.74, 6) is 1.01. The number of nitrogens with zero attached hydrogens (tertiary/aromatic N) is 4. The molecule has 1 fully saturated rings. The SMILES string of the molecule is Cc1cccc(CN2CCN(c3ncnc4cc(Cl)ccc34)CC2)c1. The summed E-state index contributed by atoms with van der Waals surface area (Å²) in [7, 11) is 0. The first kappa shape index (κ1) is 16.3. The van der Waals surface area contributed by atoms with Crippen molar-refractivity contribution >= 4 is 28.3 Å². The molecule has 1 saturated heterocycles. The van der Waals surface area contributed by atoms with Crippen LogP contribution in [-0.4, -0.2) is 41.0 Å². The van der Waals surface area contributed by atoms with Crippen molar-refractivity contribution in [1.29, 1.82) is 0 Å². The van der Waals surface area contributed by atoms with Crippen molar-refractivity contribution in [1.82, 2.24) is 14.9 Å². The Morgan fingerprint density at radius 1 is 1.00 bits per heavy atom. The molecule has 1 aliphatic rings. The Hall–Kier alpha value is -2.17. The van der Waals surface area contributed by atoms with Crippen LogP contribution in [0.25, 0.3) is 10.9 Å². The number of piperazine rings is 1. The number of aromatic nitrogens is 2. The average Bonchev–Trinajstić information content (AvgIpc) is 2.62. The molecule has 0 amide bonds. The number of rotatable bonds is 3. The maximum absolute atomic E-state index is 6.08. The third kappa shape index (κ3) is 3.60. The number of anilines is 1. The van der Waals surface area contributed by atoms with Crippen LogP contribution >= 0.6 is 11.6 Å². The van der Waals surface area contributed by atoms with Crippen LogP contribution in [-0.2, 0) is 6.54 Å². The van der Waals surface area contributed by atoms with E-state index in [0.717, 1.165) is 49.4 Å². The Balaban J connectivity index is 1.47. The van der Waals surface area contributed by atoms with Crippen LogP contribution < -0.4 is 4.90 Å². The molecule has 0 N–H and O–H groups in total. The van der Waals surface area contributed by atoms with E-state index in [1.807, 2.05) is 18.2 Å². The summed E-state index contributed by atoms with van der Waals surface area (Å²) in [5.41, 5.74) is 3.61. The average molecular weight is 353 g/mol. The second-order valence-electron chi connectivity index (χ2n) is 6.61. The minimum atomic E-state index is 0.708. The molecule has 2 aromatic carbocycles. The quantitative estimate of drug-likeness (QED) is 0.715. The number of hydrogen-bond acceptors (Lipinski definition) is 4. The summed E-state index contributed by atoms with van der Waals surface area (Å²) in [6, 6.07) is 14.6. The first-order chi connectivity index (χ1) is 12.2. The first-order valence-electron chi connectivity index (χ1n) is 8.62. The fraction of sp³-hybridized carbons (Fsp3) is 0.300. The summed E-state index contributed by atoms with van der Waals surface area (Å²) < 4.78 is 0. The lowest BCUT2D eigenvalue weighted by atomic mass is 10.1. The van der Waals surface area contributed by atoms with Gasteiger partial charge in [0.2, 0.25) is 0 Å². The van der Waals surface area contributed by atoms with Gasteiger partial charge in [-0.25, -0.2) is 9.97 Å². The summed E-state index contributed by atoms with van der Waals surface area (Å²) in [5, 5.41) is 1.78. The molecular formula is C20H21ClN4. The molecule has 1 aliphatic heterocycles. The Bertz CT molecular complexity index is 888. The highest BCUT2D eigenvalue weighted by Crippen LogP contribution is 2.26. The molecule has 5 heteroatoms. The Morgan fingerprint density at radius 3 is 2.64 bits per heavy atom. The van der Waals surface area contributed by atoms with E-state index in [1.54, 1.807) is 6.33 Å². The standard InChI is InChI=1S/C20H21ClN4/c1-15-3-2-4-16(11-15)13-24-7-9-25(10-8-24)20-18-6-5-17(21)12-19(18)22-14-23-20/h2-6,11-12,14H,7-10,13H2,1H3. The van der Waals surface area contributed by atoms with Gasteiger partial charge in [0.15, 0.2) is 0 Å². The highest BCUT2D eigenvalue weighted by atomic mass is 35.5. The van der Waals surface area contributed by atoms with E-state index in [4.69, 9.17) is 11.6 Å². The van der Waals surface area contributed by atoms with Crippen molar-refractivity contribution in [3.05, 3.63) is 64.9 Å². The van der Waals surface area contributed by atoms with Crippen molar-refractivity contribution in [2.24, 2.45) is 0 Å². The lowest BCUT2D eigenvalue weighted by Gasteiger charge is -2.35. The maximum Gasteiger partial charge on any atom is 0.139 e. The van der Waals surface area contributed by atoms with Crippen LogP contribution in [0.5, 0.6) is 0 Å². The van der Waals surface area contributed by atoms with E-state index in [2.05, 4.69) is 51.0 Å². The van der Waals surface area contributed by atoms with Crippen molar-refractivity contribution in [2.75, 3.05) is 31.1 Å². The summed E-state index contributed by atoms with van der Waals surface area (Å²) in [6.45, 7) is 7.17. The van der Waals surface area contributed by atoms with E-state index in [0.29, 0.717) is 5.02 Å². The smallest absolute Gasteiger partial charge is 0.139 e. The van der Waals surface area contributed by atoms with Gasteiger partial charge >= 0.3 is 0 Å². The summed E-state index contributed by atoms with van der Waals surface area (Å²) >= 11 is 6.08. The number of halogens is 1. The molecule has 3 aromatic rings. The van der Waals surface area contributed by atoms with E-state index >= 15 is 0 Å². The van der Waals surface area contributed by atoms with Gasteiger partial charge in [0.25, 0.3) is 0 Å². The molecule has 0 radical (unpaired) electrons. The van der Waals surface area contributed by atoms with Crippen LogP contribution in [0.3, 0.4) is 0 Å². The fourth-order valence-corrected chi connectivity index (χ4v) is 3.62. The summed E-state index contributed by atoms with van der Waals surface area (Å²) in [6.07, 6.45) is 1.63. The predicted octanol–water partition coefficient (Wildman–Crippen LogP) is 3.91. The predicted molar refractivity (Wildman–Crippen MR) is 103 cm³/mol. The second-order valence-corrected chi connectivity index (χ2v) is 7.05. The van der Waals surface area contributed by atoms with Crippen LogP contribution in [0.15, 0.2) is 48.8 Å². The zero-order valence-corrected chi connectivity index (χ0v) is 15.1. The zero-order chi connectivity index (χ0) is 17.2. The van der Waals surface area contributed by atoms with Crippen LogP contribution in [0, 0.1) is 6.92 Å². The van der Waals surface area contributed by atoms with Gasteiger partial charge in [-0.2, -0.15) is 0 Å².